The number of nitrogens with one attached hydrogen (secondary N) is 1. The fourth-order valence-electron chi connectivity index (χ4n) is 4.97. The van der Waals surface area contributed by atoms with Crippen molar-refractivity contribution in [3.05, 3.63) is 29.6 Å². The van der Waals surface area contributed by atoms with Gasteiger partial charge in [-0.3, -0.25) is 14.5 Å². The standard InChI is InChI=1S/C24H30F2N8O5/c1-15(35)27-13-18-14-33(24(37)39-18)17-10-19(25)23(20(26)11-17)32-4-2-16(3-5-32)34-29-21(28-30-34)12-22(36)31-6-8-38-9-7-31/h10-11,16,18H,2-9,12-14H2,1H3,(H,27,35)/t18-/m0/s1. The molecular weight excluding hydrogens is 518 g/mol. The maximum atomic E-state index is 15.1. The van der Waals surface area contributed by atoms with E-state index in [1.807, 2.05) is 0 Å². The maximum absolute atomic E-state index is 15.1. The minimum Gasteiger partial charge on any atom is -0.442 e. The molecule has 0 radical (unpaired) electrons. The van der Waals surface area contributed by atoms with Crippen molar-refractivity contribution in [1.29, 1.82) is 0 Å². The molecule has 4 heterocycles. The second-order valence-corrected chi connectivity index (χ2v) is 9.73. The van der Waals surface area contributed by atoms with Gasteiger partial charge in [0, 0.05) is 45.2 Å². The number of tetrazole rings is 1. The average molecular weight is 549 g/mol. The molecule has 5 rings (SSSR count). The summed E-state index contributed by atoms with van der Waals surface area (Å²) in [6, 6.07) is 2.11. The van der Waals surface area contributed by atoms with E-state index in [2.05, 4.69) is 20.7 Å². The molecule has 0 unspecified atom stereocenters. The zero-order valence-corrected chi connectivity index (χ0v) is 21.5. The molecule has 210 valence electrons. The van der Waals surface area contributed by atoms with Crippen molar-refractivity contribution in [2.75, 3.05) is 62.3 Å². The highest BCUT2D eigenvalue weighted by Crippen LogP contribution is 2.33. The number of rotatable bonds is 7. The van der Waals surface area contributed by atoms with Crippen LogP contribution in [0.5, 0.6) is 0 Å². The summed E-state index contributed by atoms with van der Waals surface area (Å²) in [5, 5.41) is 15.1. The SMILES string of the molecule is CC(=O)NC[C@H]1CN(c2cc(F)c(N3CCC(n4nnc(CC(=O)N5CCOCC5)n4)CC3)c(F)c2)C(=O)O1. The Balaban J connectivity index is 1.18. The molecule has 0 aliphatic carbocycles. The summed E-state index contributed by atoms with van der Waals surface area (Å²) in [6.07, 6.45) is -0.243. The largest absolute Gasteiger partial charge is 0.442 e. The number of aromatic nitrogens is 4. The minimum atomic E-state index is -0.788. The molecule has 3 saturated heterocycles. The first-order valence-electron chi connectivity index (χ1n) is 12.9. The van der Waals surface area contributed by atoms with E-state index in [1.165, 1.54) is 11.7 Å². The molecule has 15 heteroatoms. The highest BCUT2D eigenvalue weighted by atomic mass is 19.1. The quantitative estimate of drug-likeness (QED) is 0.529. The van der Waals surface area contributed by atoms with Crippen molar-refractivity contribution in [2.24, 2.45) is 0 Å². The predicted molar refractivity (Wildman–Crippen MR) is 132 cm³/mol. The third kappa shape index (κ3) is 6.08. The third-order valence-corrected chi connectivity index (χ3v) is 7.02. The monoisotopic (exact) mass is 548 g/mol. The van der Waals surface area contributed by atoms with Gasteiger partial charge in [-0.15, -0.1) is 10.2 Å². The zero-order valence-electron chi connectivity index (χ0n) is 21.5. The number of hydrogen-bond donors (Lipinski definition) is 1. The van der Waals surface area contributed by atoms with Crippen LogP contribution < -0.4 is 15.1 Å². The van der Waals surface area contributed by atoms with E-state index in [0.717, 1.165) is 17.0 Å². The van der Waals surface area contributed by atoms with Gasteiger partial charge in [-0.1, -0.05) is 0 Å². The van der Waals surface area contributed by atoms with Crippen molar-refractivity contribution in [2.45, 2.75) is 38.3 Å². The Labute approximate surface area is 223 Å². The van der Waals surface area contributed by atoms with E-state index < -0.39 is 23.8 Å². The number of benzene rings is 1. The second kappa shape index (κ2) is 11.5. The van der Waals surface area contributed by atoms with Crippen molar-refractivity contribution in [3.8, 4) is 0 Å². The molecule has 13 nitrogen and oxygen atoms in total. The van der Waals surface area contributed by atoms with Crippen LogP contribution in [0.2, 0.25) is 0 Å². The van der Waals surface area contributed by atoms with Crippen LogP contribution in [0, 0.1) is 11.6 Å². The average Bonchev–Trinajstić information content (AvgIpc) is 3.54. The van der Waals surface area contributed by atoms with E-state index in [9.17, 15) is 14.4 Å². The molecular formula is C24H30F2N8O5. The molecule has 0 saturated carbocycles. The Morgan fingerprint density at radius 2 is 1.79 bits per heavy atom. The molecule has 3 aliphatic heterocycles. The Bertz CT molecular complexity index is 1210. The van der Waals surface area contributed by atoms with Gasteiger partial charge in [0.15, 0.2) is 17.5 Å². The summed E-state index contributed by atoms with van der Waals surface area (Å²) in [7, 11) is 0. The number of amides is 3. The van der Waals surface area contributed by atoms with Crippen LogP contribution in [0.3, 0.4) is 0 Å². The van der Waals surface area contributed by atoms with Crippen LogP contribution in [0.15, 0.2) is 12.1 Å². The lowest BCUT2D eigenvalue weighted by Crippen LogP contribution is -2.41. The lowest BCUT2D eigenvalue weighted by molar-refractivity contribution is -0.134. The Kier molecular flexibility index (Phi) is 7.86. The van der Waals surface area contributed by atoms with E-state index >= 15 is 8.78 Å². The number of carbonyl (C=O) groups excluding carboxylic acids is 3. The first-order chi connectivity index (χ1) is 18.8. The number of piperidine rings is 1. The first kappa shape index (κ1) is 26.7. The van der Waals surface area contributed by atoms with Crippen LogP contribution in [-0.2, 0) is 25.5 Å². The number of cyclic esters (lactones) is 1. The number of morpholine rings is 1. The van der Waals surface area contributed by atoms with Crippen LogP contribution in [0.1, 0.15) is 31.6 Å². The minimum absolute atomic E-state index is 0.0462. The molecule has 0 spiro atoms. The molecule has 1 atom stereocenters. The lowest BCUT2D eigenvalue weighted by Gasteiger charge is -2.33. The van der Waals surface area contributed by atoms with Gasteiger partial charge < -0.3 is 24.6 Å². The Hall–Kier alpha value is -3.88. The van der Waals surface area contributed by atoms with Gasteiger partial charge in [-0.05, 0) is 18.1 Å². The number of hydrogen-bond acceptors (Lipinski definition) is 9. The molecule has 1 aromatic carbocycles. The maximum Gasteiger partial charge on any atom is 0.414 e. The van der Waals surface area contributed by atoms with Gasteiger partial charge >= 0.3 is 6.09 Å². The highest BCUT2D eigenvalue weighted by Gasteiger charge is 2.34. The topological polar surface area (TPSA) is 135 Å². The van der Waals surface area contributed by atoms with Gasteiger partial charge in [0.2, 0.25) is 11.8 Å². The molecule has 0 bridgehead atoms. The summed E-state index contributed by atoms with van der Waals surface area (Å²) in [5.74, 6) is -1.59. The van der Waals surface area contributed by atoms with Crippen molar-refractivity contribution in [1.82, 2.24) is 30.4 Å². The molecule has 2 aromatic rings. The molecule has 3 amide bonds. The molecule has 1 N–H and O–H groups in total. The fraction of sp³-hybridized carbons (Fsp3) is 0.583. The molecule has 39 heavy (non-hydrogen) atoms. The summed E-state index contributed by atoms with van der Waals surface area (Å²) >= 11 is 0. The Morgan fingerprint density at radius 1 is 1.10 bits per heavy atom. The van der Waals surface area contributed by atoms with Gasteiger partial charge in [-0.25, -0.2) is 13.6 Å². The van der Waals surface area contributed by atoms with Crippen molar-refractivity contribution >= 4 is 29.3 Å². The van der Waals surface area contributed by atoms with Gasteiger partial charge in [0.25, 0.3) is 0 Å². The number of anilines is 2. The number of carbonyl (C=O) groups is 3. The van der Waals surface area contributed by atoms with E-state index in [4.69, 9.17) is 9.47 Å². The summed E-state index contributed by atoms with van der Waals surface area (Å²) in [5.41, 5.74) is -0.118. The molecule has 3 fully saturated rings. The predicted octanol–water partition coefficient (Wildman–Crippen LogP) is 0.655. The van der Waals surface area contributed by atoms with Gasteiger partial charge in [-0.2, -0.15) is 4.80 Å². The fourth-order valence-corrected chi connectivity index (χ4v) is 4.97. The van der Waals surface area contributed by atoms with Crippen LogP contribution >= 0.6 is 0 Å². The zero-order chi connectivity index (χ0) is 27.5. The van der Waals surface area contributed by atoms with Crippen LogP contribution in [-0.4, -0.2) is 102 Å². The van der Waals surface area contributed by atoms with Gasteiger partial charge in [0.1, 0.15) is 11.8 Å². The van der Waals surface area contributed by atoms with Crippen LogP contribution in [0.4, 0.5) is 25.0 Å². The second-order valence-electron chi connectivity index (χ2n) is 9.73. The third-order valence-electron chi connectivity index (χ3n) is 7.02. The van der Waals surface area contributed by atoms with E-state index in [-0.39, 0.29) is 48.7 Å². The highest BCUT2D eigenvalue weighted by molar-refractivity contribution is 5.90. The number of halogens is 2. The van der Waals surface area contributed by atoms with E-state index in [0.29, 0.717) is 58.1 Å². The molecule has 1 aromatic heterocycles. The normalized spacial score (nSPS) is 20.3. The Morgan fingerprint density at radius 3 is 2.46 bits per heavy atom. The van der Waals surface area contributed by atoms with Crippen molar-refractivity contribution in [3.63, 3.8) is 0 Å². The molecule has 3 aliphatic rings. The smallest absolute Gasteiger partial charge is 0.414 e. The first-order valence-corrected chi connectivity index (χ1v) is 12.9. The summed E-state index contributed by atoms with van der Waals surface area (Å²) in [6.45, 7) is 4.34. The van der Waals surface area contributed by atoms with Crippen molar-refractivity contribution < 1.29 is 32.6 Å². The van der Waals surface area contributed by atoms with Gasteiger partial charge in [0.05, 0.1) is 44.5 Å². The number of nitrogens with zero attached hydrogens (tertiary/aromatic N) is 7. The summed E-state index contributed by atoms with van der Waals surface area (Å²) in [4.78, 5) is 41.8. The number of ether oxygens (including phenoxy) is 2. The summed E-state index contributed by atoms with van der Waals surface area (Å²) < 4.78 is 40.7. The lowest BCUT2D eigenvalue weighted by atomic mass is 10.0. The van der Waals surface area contributed by atoms with E-state index in [1.54, 1.807) is 9.80 Å². The van der Waals surface area contributed by atoms with Crippen LogP contribution in [0.25, 0.3) is 0 Å².